The smallest absolute Gasteiger partial charge is 0.234 e. The van der Waals surface area contributed by atoms with Crippen LogP contribution in [-0.2, 0) is 9.59 Å². The average molecular weight is 236 g/mol. The van der Waals surface area contributed by atoms with Crippen molar-refractivity contribution in [3.8, 4) is 0 Å². The molecule has 17 heavy (non-hydrogen) atoms. The number of fused-ring (bicyclic) bond motifs is 3. The maximum absolute atomic E-state index is 12.2. The Hall–Kier alpha value is -0.900. The van der Waals surface area contributed by atoms with Gasteiger partial charge >= 0.3 is 0 Å². The van der Waals surface area contributed by atoms with Crippen molar-refractivity contribution in [2.45, 2.75) is 32.7 Å². The Labute approximate surface area is 102 Å². The lowest BCUT2D eigenvalue weighted by molar-refractivity contribution is -0.140. The number of piperidine rings is 1. The van der Waals surface area contributed by atoms with Crippen molar-refractivity contribution in [2.24, 2.45) is 17.3 Å². The highest BCUT2D eigenvalue weighted by atomic mass is 16.2. The Bertz CT molecular complexity index is 391. The third kappa shape index (κ3) is 1.33. The number of rotatable bonds is 0. The first-order valence-electron chi connectivity index (χ1n) is 6.49. The van der Waals surface area contributed by atoms with Crippen LogP contribution in [0.25, 0.3) is 0 Å². The highest BCUT2D eigenvalue weighted by molar-refractivity contribution is 6.05. The molecule has 3 heterocycles. The van der Waals surface area contributed by atoms with E-state index in [-0.39, 0.29) is 35.1 Å². The van der Waals surface area contributed by atoms with E-state index in [0.29, 0.717) is 0 Å². The molecule has 0 N–H and O–H groups in total. The Morgan fingerprint density at radius 1 is 1.24 bits per heavy atom. The van der Waals surface area contributed by atoms with Crippen LogP contribution in [-0.4, -0.2) is 47.8 Å². The molecule has 2 amide bonds. The van der Waals surface area contributed by atoms with Crippen molar-refractivity contribution >= 4 is 11.8 Å². The van der Waals surface area contributed by atoms with Crippen molar-refractivity contribution < 1.29 is 9.59 Å². The minimum atomic E-state index is -0.0807. The van der Waals surface area contributed by atoms with E-state index in [1.165, 1.54) is 11.3 Å². The summed E-state index contributed by atoms with van der Waals surface area (Å²) in [6, 6.07) is 0.266. The van der Waals surface area contributed by atoms with Gasteiger partial charge in [0.15, 0.2) is 0 Å². The second-order valence-corrected chi connectivity index (χ2v) is 6.40. The van der Waals surface area contributed by atoms with Gasteiger partial charge in [-0.3, -0.25) is 19.4 Å². The van der Waals surface area contributed by atoms with Crippen LogP contribution in [0.2, 0.25) is 0 Å². The molecule has 3 rings (SSSR count). The highest BCUT2D eigenvalue weighted by Crippen LogP contribution is 2.48. The lowest BCUT2D eigenvalue weighted by Crippen LogP contribution is -2.51. The minimum Gasteiger partial charge on any atom is -0.298 e. The monoisotopic (exact) mass is 236 g/mol. The zero-order chi connectivity index (χ0) is 12.4. The van der Waals surface area contributed by atoms with E-state index in [4.69, 9.17) is 0 Å². The van der Waals surface area contributed by atoms with E-state index >= 15 is 0 Å². The third-order valence-electron chi connectivity index (χ3n) is 4.93. The van der Waals surface area contributed by atoms with Crippen molar-refractivity contribution in [2.75, 3.05) is 20.1 Å². The van der Waals surface area contributed by atoms with Gasteiger partial charge in [-0.2, -0.15) is 0 Å². The van der Waals surface area contributed by atoms with Crippen LogP contribution < -0.4 is 0 Å². The summed E-state index contributed by atoms with van der Waals surface area (Å²) in [6.07, 6.45) is 2.34. The summed E-state index contributed by atoms with van der Waals surface area (Å²) in [5.74, 6) is -0.0784. The Morgan fingerprint density at radius 2 is 1.94 bits per heavy atom. The number of imide groups is 1. The molecule has 0 unspecified atom stereocenters. The summed E-state index contributed by atoms with van der Waals surface area (Å²) in [5, 5.41) is 0. The van der Waals surface area contributed by atoms with Gasteiger partial charge in [0, 0.05) is 19.6 Å². The first-order chi connectivity index (χ1) is 7.93. The average Bonchev–Trinajstić information content (AvgIpc) is 2.73. The first kappa shape index (κ1) is 11.2. The molecule has 3 fully saturated rings. The fourth-order valence-corrected chi connectivity index (χ4v) is 4.14. The standard InChI is InChI=1S/C13H20N2O2/c1-13(2)5-4-6-15-7-8-9(10(13)15)12(17)14(3)11(8)16/h8-10H,4-7H2,1-3H3/t8-,9-,10+/m1/s1. The molecular formula is C13H20N2O2. The molecule has 0 aliphatic carbocycles. The lowest BCUT2D eigenvalue weighted by atomic mass is 9.71. The topological polar surface area (TPSA) is 40.6 Å². The molecule has 94 valence electrons. The molecule has 4 nitrogen and oxygen atoms in total. The lowest BCUT2D eigenvalue weighted by Gasteiger charge is -2.44. The molecule has 0 aromatic carbocycles. The first-order valence-corrected chi connectivity index (χ1v) is 6.49. The molecule has 3 aliphatic rings. The molecule has 4 heteroatoms. The van der Waals surface area contributed by atoms with Crippen molar-refractivity contribution in [3.05, 3.63) is 0 Å². The summed E-state index contributed by atoms with van der Waals surface area (Å²) in [7, 11) is 1.63. The number of amides is 2. The van der Waals surface area contributed by atoms with Crippen LogP contribution in [0.1, 0.15) is 26.7 Å². The van der Waals surface area contributed by atoms with Gasteiger partial charge in [0.25, 0.3) is 0 Å². The Kier molecular flexibility index (Phi) is 2.18. The summed E-state index contributed by atoms with van der Waals surface area (Å²) in [5.41, 5.74) is 0.152. The Morgan fingerprint density at radius 3 is 2.65 bits per heavy atom. The molecule has 0 bridgehead atoms. The molecular weight excluding hydrogens is 216 g/mol. The number of hydrogen-bond donors (Lipinski definition) is 0. The van der Waals surface area contributed by atoms with E-state index in [0.717, 1.165) is 19.5 Å². The van der Waals surface area contributed by atoms with Gasteiger partial charge in [0.1, 0.15) is 0 Å². The van der Waals surface area contributed by atoms with Crippen LogP contribution in [0, 0.1) is 17.3 Å². The van der Waals surface area contributed by atoms with Gasteiger partial charge in [0.2, 0.25) is 11.8 Å². The quantitative estimate of drug-likeness (QED) is 0.582. The maximum Gasteiger partial charge on any atom is 0.234 e. The number of hydrogen-bond acceptors (Lipinski definition) is 3. The number of nitrogens with zero attached hydrogens (tertiary/aromatic N) is 2. The number of carbonyl (C=O) groups is 2. The predicted octanol–water partition coefficient (Wildman–Crippen LogP) is 0.722. The van der Waals surface area contributed by atoms with E-state index in [1.54, 1.807) is 7.05 Å². The largest absolute Gasteiger partial charge is 0.298 e. The normalized spacial score (nSPS) is 40.6. The molecule has 0 radical (unpaired) electrons. The summed E-state index contributed by atoms with van der Waals surface area (Å²) in [6.45, 7) is 6.31. The highest BCUT2D eigenvalue weighted by Gasteiger charge is 2.60. The zero-order valence-corrected chi connectivity index (χ0v) is 10.8. The van der Waals surface area contributed by atoms with Crippen molar-refractivity contribution in [3.63, 3.8) is 0 Å². The van der Waals surface area contributed by atoms with Crippen molar-refractivity contribution in [1.29, 1.82) is 0 Å². The number of carbonyl (C=O) groups excluding carboxylic acids is 2. The van der Waals surface area contributed by atoms with Gasteiger partial charge < -0.3 is 0 Å². The second kappa shape index (κ2) is 3.31. The van der Waals surface area contributed by atoms with E-state index in [1.807, 2.05) is 0 Å². The van der Waals surface area contributed by atoms with Crippen LogP contribution in [0.5, 0.6) is 0 Å². The van der Waals surface area contributed by atoms with Crippen LogP contribution >= 0.6 is 0 Å². The van der Waals surface area contributed by atoms with Gasteiger partial charge in [0.05, 0.1) is 11.8 Å². The van der Waals surface area contributed by atoms with Crippen molar-refractivity contribution in [1.82, 2.24) is 9.80 Å². The molecule has 0 spiro atoms. The van der Waals surface area contributed by atoms with Crippen LogP contribution in [0.15, 0.2) is 0 Å². The van der Waals surface area contributed by atoms with Gasteiger partial charge in [-0.05, 0) is 24.8 Å². The third-order valence-corrected chi connectivity index (χ3v) is 4.93. The van der Waals surface area contributed by atoms with E-state index in [2.05, 4.69) is 18.7 Å². The van der Waals surface area contributed by atoms with Gasteiger partial charge in [-0.1, -0.05) is 13.8 Å². The fourth-order valence-electron chi connectivity index (χ4n) is 4.14. The van der Waals surface area contributed by atoms with E-state index in [9.17, 15) is 9.59 Å². The Balaban J connectivity index is 1.99. The molecule has 3 aliphatic heterocycles. The van der Waals surface area contributed by atoms with Gasteiger partial charge in [-0.15, -0.1) is 0 Å². The SMILES string of the molecule is CN1C(=O)[C@H]2[C@@H]3N(CCCC3(C)C)C[C@H]2C1=O. The second-order valence-electron chi connectivity index (χ2n) is 6.40. The molecule has 0 aromatic heterocycles. The maximum atomic E-state index is 12.2. The summed E-state index contributed by atoms with van der Waals surface area (Å²) < 4.78 is 0. The molecule has 0 saturated carbocycles. The summed E-state index contributed by atoms with van der Waals surface area (Å²) in [4.78, 5) is 28.0. The van der Waals surface area contributed by atoms with Crippen LogP contribution in [0.3, 0.4) is 0 Å². The zero-order valence-electron chi connectivity index (χ0n) is 10.8. The molecule has 0 aromatic rings. The van der Waals surface area contributed by atoms with Gasteiger partial charge in [-0.25, -0.2) is 0 Å². The minimum absolute atomic E-state index is 0.0326. The van der Waals surface area contributed by atoms with E-state index < -0.39 is 0 Å². The fraction of sp³-hybridized carbons (Fsp3) is 0.846. The molecule has 3 atom stereocenters. The van der Waals surface area contributed by atoms with Crippen LogP contribution in [0.4, 0.5) is 0 Å². The number of likely N-dealkylation sites (tertiary alicyclic amines) is 1. The summed E-state index contributed by atoms with van der Waals surface area (Å²) >= 11 is 0. The molecule has 3 saturated heterocycles. The predicted molar refractivity (Wildman–Crippen MR) is 63.1 cm³/mol.